The van der Waals surface area contributed by atoms with Crippen molar-refractivity contribution in [3.05, 3.63) is 93.4 Å². The fourth-order valence-corrected chi connectivity index (χ4v) is 5.06. The van der Waals surface area contributed by atoms with Gasteiger partial charge in [0.25, 0.3) is 0 Å². The lowest BCUT2D eigenvalue weighted by Gasteiger charge is -2.52. The van der Waals surface area contributed by atoms with Gasteiger partial charge < -0.3 is 24.1 Å². The Kier molecular flexibility index (Phi) is 7.63. The molecule has 1 aromatic heterocycles. The van der Waals surface area contributed by atoms with Crippen LogP contribution in [0.5, 0.6) is 11.5 Å². The molecule has 3 aromatic rings. The summed E-state index contributed by atoms with van der Waals surface area (Å²) in [7, 11) is 1.67. The number of fused-ring (bicyclic) bond motifs is 4. The second-order valence-corrected chi connectivity index (χ2v) is 9.72. The standard InChI is InChI=1S/C28H29F2N3O7/c1-16(2)40-28(36)39-15-38-26-21(34)9-11-32-25(26)27(35)31(3)23-10-12-37-22-14-20(30)19(29)13-18(22)24(33(23)32)17-7-5-4-6-8-17/h4-9,11,13-14,16,23-24,27,35H,10,12,15H2,1-3H3/t23-,24?,27?/m0/s1. The second kappa shape index (κ2) is 11.1. The molecule has 2 unspecified atom stereocenters. The van der Waals surface area contributed by atoms with Crippen LogP contribution in [0, 0.1) is 11.6 Å². The van der Waals surface area contributed by atoms with E-state index in [9.17, 15) is 23.5 Å². The van der Waals surface area contributed by atoms with Gasteiger partial charge in [0.2, 0.25) is 12.2 Å². The van der Waals surface area contributed by atoms with Gasteiger partial charge in [-0.3, -0.25) is 19.4 Å². The summed E-state index contributed by atoms with van der Waals surface area (Å²) in [6.07, 6.45) is -1.37. The number of hydrogen-bond acceptors (Lipinski definition) is 9. The monoisotopic (exact) mass is 557 g/mol. The third kappa shape index (κ3) is 5.07. The predicted octanol–water partition coefficient (Wildman–Crippen LogP) is 3.80. The Labute approximate surface area is 228 Å². The molecule has 0 spiro atoms. The Morgan fingerprint density at radius 3 is 2.60 bits per heavy atom. The van der Waals surface area contributed by atoms with Gasteiger partial charge in [0, 0.05) is 30.3 Å². The molecule has 0 amide bonds. The summed E-state index contributed by atoms with van der Waals surface area (Å²) in [5.74, 6) is -2.14. The average molecular weight is 558 g/mol. The third-order valence-corrected chi connectivity index (χ3v) is 6.80. The highest BCUT2D eigenvalue weighted by molar-refractivity contribution is 5.59. The van der Waals surface area contributed by atoms with E-state index in [2.05, 4.69) is 0 Å². The maximum absolute atomic E-state index is 14.7. The number of rotatable bonds is 5. The lowest BCUT2D eigenvalue weighted by atomic mass is 9.94. The van der Waals surface area contributed by atoms with Crippen molar-refractivity contribution in [3.63, 3.8) is 0 Å². The summed E-state index contributed by atoms with van der Waals surface area (Å²) in [6.45, 7) is 2.81. The Hall–Kier alpha value is -4.16. The maximum atomic E-state index is 14.7. The highest BCUT2D eigenvalue weighted by Crippen LogP contribution is 2.43. The molecule has 0 saturated carbocycles. The molecule has 0 saturated heterocycles. The summed E-state index contributed by atoms with van der Waals surface area (Å²) >= 11 is 0. The molecule has 0 bridgehead atoms. The largest absolute Gasteiger partial charge is 0.511 e. The first kappa shape index (κ1) is 27.4. The Morgan fingerprint density at radius 1 is 1.15 bits per heavy atom. The molecule has 3 atom stereocenters. The quantitative estimate of drug-likeness (QED) is 0.371. The molecule has 2 aliphatic rings. The summed E-state index contributed by atoms with van der Waals surface area (Å²) in [5, 5.41) is 13.2. The van der Waals surface area contributed by atoms with Crippen molar-refractivity contribution in [2.45, 2.75) is 44.8 Å². The van der Waals surface area contributed by atoms with Gasteiger partial charge in [-0.25, -0.2) is 13.6 Å². The molecule has 0 fully saturated rings. The predicted molar refractivity (Wildman–Crippen MR) is 138 cm³/mol. The van der Waals surface area contributed by atoms with E-state index >= 15 is 0 Å². The number of aromatic nitrogens is 1. The van der Waals surface area contributed by atoms with Gasteiger partial charge in [0.1, 0.15) is 23.7 Å². The van der Waals surface area contributed by atoms with Crippen molar-refractivity contribution in [3.8, 4) is 11.5 Å². The molecule has 40 heavy (non-hydrogen) atoms. The zero-order valence-electron chi connectivity index (χ0n) is 22.1. The van der Waals surface area contributed by atoms with Crippen molar-refractivity contribution in [1.82, 2.24) is 9.58 Å². The van der Waals surface area contributed by atoms with Crippen molar-refractivity contribution in [1.29, 1.82) is 0 Å². The number of halogens is 2. The fourth-order valence-electron chi connectivity index (χ4n) is 5.06. The minimum atomic E-state index is -1.31. The second-order valence-electron chi connectivity index (χ2n) is 9.72. The summed E-state index contributed by atoms with van der Waals surface area (Å²) in [4.78, 5) is 26.4. The van der Waals surface area contributed by atoms with Crippen LogP contribution in [-0.4, -0.2) is 53.6 Å². The maximum Gasteiger partial charge on any atom is 0.511 e. The van der Waals surface area contributed by atoms with Crippen LogP contribution in [0.2, 0.25) is 0 Å². The number of carbonyl (C=O) groups is 1. The smallest absolute Gasteiger partial charge is 0.493 e. The molecule has 12 heteroatoms. The van der Waals surface area contributed by atoms with E-state index in [-0.39, 0.29) is 23.8 Å². The zero-order chi connectivity index (χ0) is 28.6. The molecular formula is C28H29F2N3O7. The minimum absolute atomic E-state index is 0.0682. The zero-order valence-corrected chi connectivity index (χ0v) is 22.1. The number of nitrogens with zero attached hydrogens (tertiary/aromatic N) is 3. The summed E-state index contributed by atoms with van der Waals surface area (Å²) in [6, 6.07) is 11.8. The average Bonchev–Trinajstić information content (AvgIpc) is 2.91. The molecule has 3 heterocycles. The van der Waals surface area contributed by atoms with Gasteiger partial charge in [0.05, 0.1) is 12.7 Å². The van der Waals surface area contributed by atoms with Gasteiger partial charge in [-0.15, -0.1) is 0 Å². The molecule has 0 aliphatic carbocycles. The van der Waals surface area contributed by atoms with E-state index in [0.29, 0.717) is 12.0 Å². The Morgan fingerprint density at radius 2 is 1.88 bits per heavy atom. The normalized spacial score (nSPS) is 20.4. The van der Waals surface area contributed by atoms with Gasteiger partial charge in [0.15, 0.2) is 23.6 Å². The van der Waals surface area contributed by atoms with Crippen LogP contribution >= 0.6 is 0 Å². The van der Waals surface area contributed by atoms with E-state index in [0.717, 1.165) is 17.7 Å². The van der Waals surface area contributed by atoms with E-state index in [1.54, 1.807) is 30.5 Å². The highest BCUT2D eigenvalue weighted by Gasteiger charge is 2.44. The van der Waals surface area contributed by atoms with Crippen molar-refractivity contribution in [2.24, 2.45) is 0 Å². The number of aliphatic hydroxyl groups is 1. The molecule has 10 nitrogen and oxygen atoms in total. The van der Waals surface area contributed by atoms with Crippen LogP contribution in [0.15, 0.2) is 59.5 Å². The van der Waals surface area contributed by atoms with Crippen molar-refractivity contribution in [2.75, 3.05) is 25.5 Å². The molecule has 1 N–H and O–H groups in total. The number of benzene rings is 2. The SMILES string of the molecule is CC(C)OC(=O)OCOc1c2n(ccc1=O)N1C(c3ccccc3)c3cc(F)c(F)cc3OCC[C@H]1N(C)C2O. The first-order chi connectivity index (χ1) is 19.2. The number of hydrogen-bond donors (Lipinski definition) is 1. The summed E-state index contributed by atoms with van der Waals surface area (Å²) < 4.78 is 51.9. The number of ether oxygens (including phenoxy) is 4. The first-order valence-electron chi connectivity index (χ1n) is 12.7. The molecule has 212 valence electrons. The molecule has 2 aromatic carbocycles. The van der Waals surface area contributed by atoms with Gasteiger partial charge in [-0.2, -0.15) is 0 Å². The third-order valence-electron chi connectivity index (χ3n) is 6.80. The minimum Gasteiger partial charge on any atom is -0.493 e. The van der Waals surface area contributed by atoms with Crippen LogP contribution in [-0.2, 0) is 9.47 Å². The van der Waals surface area contributed by atoms with Crippen LogP contribution in [0.25, 0.3) is 0 Å². The topological polar surface area (TPSA) is 103 Å². The van der Waals surface area contributed by atoms with Crippen LogP contribution in [0.3, 0.4) is 0 Å². The molecule has 5 rings (SSSR count). The highest BCUT2D eigenvalue weighted by atomic mass is 19.2. The van der Waals surface area contributed by atoms with E-state index in [1.807, 2.05) is 35.3 Å². The van der Waals surface area contributed by atoms with E-state index < -0.39 is 54.6 Å². The van der Waals surface area contributed by atoms with E-state index in [4.69, 9.17) is 18.9 Å². The first-order valence-corrected chi connectivity index (χ1v) is 12.7. The summed E-state index contributed by atoms with van der Waals surface area (Å²) in [5.41, 5.74) is 0.588. The number of pyridine rings is 1. The lowest BCUT2D eigenvalue weighted by Crippen LogP contribution is -2.61. The molecular weight excluding hydrogens is 528 g/mol. The van der Waals surface area contributed by atoms with Crippen molar-refractivity contribution >= 4 is 6.16 Å². The number of aliphatic hydroxyl groups excluding tert-OH is 1. The van der Waals surface area contributed by atoms with Gasteiger partial charge >= 0.3 is 6.16 Å². The Balaban J connectivity index is 1.65. The van der Waals surface area contributed by atoms with Gasteiger partial charge in [-0.05, 0) is 32.5 Å². The van der Waals surface area contributed by atoms with Crippen LogP contribution in [0.1, 0.15) is 49.4 Å². The van der Waals surface area contributed by atoms with Crippen molar-refractivity contribution < 1.29 is 37.6 Å². The Bertz CT molecular complexity index is 1450. The molecule has 0 radical (unpaired) electrons. The number of carbonyl (C=O) groups excluding carboxylic acids is 1. The van der Waals surface area contributed by atoms with E-state index in [1.165, 1.54) is 12.3 Å². The van der Waals surface area contributed by atoms with Crippen LogP contribution < -0.4 is 19.9 Å². The lowest BCUT2D eigenvalue weighted by molar-refractivity contribution is -0.0545. The fraction of sp³-hybridized carbons (Fsp3) is 0.357. The molecule has 2 aliphatic heterocycles. The van der Waals surface area contributed by atoms with Crippen LogP contribution in [0.4, 0.5) is 13.6 Å². The van der Waals surface area contributed by atoms with Gasteiger partial charge in [-0.1, -0.05) is 30.3 Å².